The van der Waals surface area contributed by atoms with Crippen molar-refractivity contribution in [3.63, 3.8) is 0 Å². The van der Waals surface area contributed by atoms with E-state index in [4.69, 9.17) is 0 Å². The second-order valence-corrected chi connectivity index (χ2v) is 15.1. The third-order valence-electron chi connectivity index (χ3n) is 8.66. The van der Waals surface area contributed by atoms with Crippen LogP contribution in [0.2, 0.25) is 0 Å². The molecule has 0 radical (unpaired) electrons. The topological polar surface area (TPSA) is 175 Å². The van der Waals surface area contributed by atoms with Gasteiger partial charge in [0.25, 0.3) is 5.91 Å². The number of pyridine rings is 1. The van der Waals surface area contributed by atoms with Gasteiger partial charge in [-0.3, -0.25) is 33.9 Å². The van der Waals surface area contributed by atoms with E-state index in [-0.39, 0.29) is 36.4 Å². The minimum atomic E-state index is -0.978. The van der Waals surface area contributed by atoms with Crippen molar-refractivity contribution in [3.05, 3.63) is 82.1 Å². The molecule has 5 amide bonds. The van der Waals surface area contributed by atoms with E-state index in [0.29, 0.717) is 36.7 Å². The number of amides is 5. The Kier molecular flexibility index (Phi) is 15.6. The van der Waals surface area contributed by atoms with E-state index in [0.717, 1.165) is 11.3 Å². The summed E-state index contributed by atoms with van der Waals surface area (Å²) in [7, 11) is 0. The van der Waals surface area contributed by atoms with Gasteiger partial charge in [-0.15, -0.1) is 11.3 Å². The van der Waals surface area contributed by atoms with Crippen LogP contribution in [-0.2, 0) is 32.1 Å². The van der Waals surface area contributed by atoms with E-state index in [2.05, 4.69) is 36.6 Å². The fourth-order valence-corrected chi connectivity index (χ4v) is 7.30. The van der Waals surface area contributed by atoms with Crippen LogP contribution in [0, 0.1) is 5.92 Å². The minimum Gasteiger partial charge on any atom is -0.350 e. The summed E-state index contributed by atoms with van der Waals surface area (Å²) in [4.78, 5) is 78.7. The lowest BCUT2D eigenvalue weighted by molar-refractivity contribution is -0.132. The Labute approximate surface area is 313 Å². The quantitative estimate of drug-likeness (QED) is 0.220. The highest BCUT2D eigenvalue weighted by Crippen LogP contribution is 2.25. The Morgan fingerprint density at radius 2 is 1.62 bits per heavy atom. The van der Waals surface area contributed by atoms with E-state index >= 15 is 0 Å². The van der Waals surface area contributed by atoms with E-state index < -0.39 is 47.9 Å². The Hall–Kier alpha value is -4.34. The summed E-state index contributed by atoms with van der Waals surface area (Å²) < 4.78 is 0. The van der Waals surface area contributed by atoms with E-state index in [1.807, 2.05) is 73.5 Å². The molecule has 15 heteroatoms. The molecule has 0 spiro atoms. The molecule has 5 atom stereocenters. The maximum atomic E-state index is 14.0. The second kappa shape index (κ2) is 20.0. The van der Waals surface area contributed by atoms with Gasteiger partial charge in [0.2, 0.25) is 23.6 Å². The van der Waals surface area contributed by atoms with Gasteiger partial charge in [0.15, 0.2) is 0 Å². The molecule has 1 aromatic carbocycles. The fraction of sp³-hybridized carbons (Fsp3) is 0.486. The first-order chi connectivity index (χ1) is 25.0. The summed E-state index contributed by atoms with van der Waals surface area (Å²) in [5.74, 6) is -1.67. The maximum absolute atomic E-state index is 14.0. The number of nitrogens with zero attached hydrogens (tertiary/aromatic N) is 3. The molecule has 3 heterocycles. The third-order valence-corrected chi connectivity index (χ3v) is 10.2. The third kappa shape index (κ3) is 12.1. The molecule has 280 valence electrons. The predicted molar refractivity (Wildman–Crippen MR) is 204 cm³/mol. The lowest BCUT2D eigenvalue weighted by Gasteiger charge is -2.30. The van der Waals surface area contributed by atoms with Crippen LogP contribution in [0.3, 0.4) is 0 Å². The second-order valence-electron chi connectivity index (χ2n) is 13.3. The molecule has 2 aromatic heterocycles. The molecule has 0 aliphatic carbocycles. The van der Waals surface area contributed by atoms with Crippen molar-refractivity contribution in [2.24, 2.45) is 5.92 Å². The molecule has 13 nitrogen and oxygen atoms in total. The largest absolute Gasteiger partial charge is 0.350 e. The van der Waals surface area contributed by atoms with E-state index in [1.165, 1.54) is 18.3 Å². The number of rotatable bonds is 9. The number of benzene rings is 1. The average molecular weight is 751 g/mol. The normalized spacial score (nSPS) is 23.1. The van der Waals surface area contributed by atoms with Crippen LogP contribution in [0.25, 0.3) is 0 Å². The summed E-state index contributed by atoms with van der Waals surface area (Å²) in [5.41, 5.74) is 1.88. The highest BCUT2D eigenvalue weighted by atomic mass is 32.2. The van der Waals surface area contributed by atoms with Gasteiger partial charge in [-0.2, -0.15) is 11.8 Å². The van der Waals surface area contributed by atoms with Gasteiger partial charge >= 0.3 is 0 Å². The van der Waals surface area contributed by atoms with Gasteiger partial charge in [0, 0.05) is 30.7 Å². The summed E-state index contributed by atoms with van der Waals surface area (Å²) >= 11 is 2.80. The summed E-state index contributed by atoms with van der Waals surface area (Å²) in [6.07, 6.45) is 4.72. The maximum Gasteiger partial charge on any atom is 0.271 e. The zero-order valence-corrected chi connectivity index (χ0v) is 32.0. The van der Waals surface area contributed by atoms with Crippen molar-refractivity contribution in [2.75, 3.05) is 25.1 Å². The molecule has 3 aromatic rings. The molecule has 52 heavy (non-hydrogen) atoms. The van der Waals surface area contributed by atoms with E-state index in [9.17, 15) is 24.0 Å². The predicted octanol–water partition coefficient (Wildman–Crippen LogP) is 2.85. The summed E-state index contributed by atoms with van der Waals surface area (Å²) in [5, 5.41) is 16.7. The number of thiazole rings is 1. The van der Waals surface area contributed by atoms with Crippen molar-refractivity contribution in [2.45, 2.75) is 83.7 Å². The average Bonchev–Trinajstić information content (AvgIpc) is 3.61. The van der Waals surface area contributed by atoms with Crippen LogP contribution in [0.5, 0.6) is 0 Å². The molecule has 2 bridgehead atoms. The van der Waals surface area contributed by atoms with Gasteiger partial charge in [0.1, 0.15) is 28.8 Å². The smallest absolute Gasteiger partial charge is 0.271 e. The lowest BCUT2D eigenvalue weighted by Crippen LogP contribution is -2.57. The fourth-order valence-electron chi connectivity index (χ4n) is 5.81. The van der Waals surface area contributed by atoms with Crippen molar-refractivity contribution < 1.29 is 24.0 Å². The number of fused-ring (bicyclic) bond motifs is 2. The van der Waals surface area contributed by atoms with Crippen LogP contribution < -0.4 is 26.6 Å². The molecule has 0 saturated heterocycles. The number of thioether (sulfide) groups is 1. The van der Waals surface area contributed by atoms with Gasteiger partial charge in [-0.25, -0.2) is 4.98 Å². The molecule has 1 aliphatic heterocycles. The zero-order valence-electron chi connectivity index (χ0n) is 30.4. The van der Waals surface area contributed by atoms with Crippen molar-refractivity contribution in [1.82, 2.24) is 41.5 Å². The number of hydrogen-bond acceptors (Lipinski definition) is 10. The van der Waals surface area contributed by atoms with Crippen LogP contribution in [0.1, 0.15) is 73.3 Å². The molecule has 1 aliphatic rings. The number of nitrogens with one attached hydrogen (secondary N) is 5. The van der Waals surface area contributed by atoms with E-state index in [1.54, 1.807) is 30.3 Å². The number of carbonyl (C=O) groups excluding carboxylic acids is 5. The van der Waals surface area contributed by atoms with Gasteiger partial charge in [-0.1, -0.05) is 57.2 Å². The van der Waals surface area contributed by atoms with Gasteiger partial charge in [-0.05, 0) is 61.8 Å². The Morgan fingerprint density at radius 3 is 2.29 bits per heavy atom. The van der Waals surface area contributed by atoms with Crippen LogP contribution in [-0.4, -0.2) is 93.7 Å². The lowest BCUT2D eigenvalue weighted by atomic mass is 10.0. The minimum absolute atomic E-state index is 0.00418. The first-order valence-electron chi connectivity index (χ1n) is 17.6. The molecular formula is C37H50N8O5S2. The molecule has 4 rings (SSSR count). The summed E-state index contributed by atoms with van der Waals surface area (Å²) in [6, 6.07) is 11.6. The number of aromatic nitrogens is 2. The van der Waals surface area contributed by atoms with Gasteiger partial charge in [0.05, 0.1) is 18.3 Å². The van der Waals surface area contributed by atoms with Gasteiger partial charge < -0.3 is 26.6 Å². The molecule has 5 N–H and O–H groups in total. The number of hydrogen-bond donors (Lipinski definition) is 5. The molecular weight excluding hydrogens is 701 g/mol. The van der Waals surface area contributed by atoms with Crippen LogP contribution >= 0.6 is 23.1 Å². The summed E-state index contributed by atoms with van der Waals surface area (Å²) in [6.45, 7) is 7.84. The first kappa shape index (κ1) is 40.4. The molecule has 0 unspecified atom stereocenters. The van der Waals surface area contributed by atoms with Crippen LogP contribution in [0.4, 0.5) is 0 Å². The van der Waals surface area contributed by atoms with Crippen LogP contribution in [0.15, 0.2) is 60.1 Å². The monoisotopic (exact) mass is 750 g/mol. The molecule has 0 saturated carbocycles. The highest BCUT2D eigenvalue weighted by Gasteiger charge is 2.31. The Morgan fingerprint density at radius 1 is 0.904 bits per heavy atom. The first-order valence-corrected chi connectivity index (χ1v) is 19.9. The van der Waals surface area contributed by atoms with Crippen molar-refractivity contribution in [1.29, 1.82) is 0 Å². The van der Waals surface area contributed by atoms with Crippen molar-refractivity contribution in [3.8, 4) is 0 Å². The Bertz CT molecular complexity index is 1640. The standard InChI is InChI=1S/C37H50N8O5S2/c1-6-28-34(48)42-29(15-17-51-5)35(49)40-27(18-25-12-8-7-9-13-25)20-45(19-26-14-10-11-16-38-26)21-31(46)44-32(23(2)3)37-43-30(22-52-37)36(50)39-24(4)33(47)41-28/h7-14,16,22-24,27-29,32H,6,15,17-21H2,1-5H3,(H,39,50)(H,40,49)(H,41,47)(H,42,48)(H,44,46)/t24-,27+,28+,29+,32+/m1/s1. The number of carbonyl (C=O) groups is 5. The Balaban J connectivity index is 1.72. The van der Waals surface area contributed by atoms with Crippen molar-refractivity contribution >= 4 is 52.6 Å². The highest BCUT2D eigenvalue weighted by molar-refractivity contribution is 7.98. The zero-order chi connectivity index (χ0) is 37.6. The molecule has 0 fully saturated rings. The SMILES string of the molecule is CC[C@@H]1NC(=O)[C@@H](C)NC(=O)c2csc(n2)[C@H](C(C)C)NC(=O)CN(Cc2ccccn2)C[C@H](Cc2ccccc2)NC(=O)[C@H](CCSC)NC1=O.